The fraction of sp³-hybridized carbons (Fsp3) is 0.417. The molecule has 92 valence electrons. The number of nitrogens with zero attached hydrogens (tertiary/aromatic N) is 1. The molecule has 1 saturated heterocycles. The average molecular weight is 237 g/mol. The molecule has 2 rings (SSSR count). The lowest BCUT2D eigenvalue weighted by Crippen LogP contribution is -2.46. The molecule has 1 unspecified atom stereocenters. The lowest BCUT2D eigenvalue weighted by atomic mass is 10.2. The number of hydrogen-bond donors (Lipinski definition) is 1. The summed E-state index contributed by atoms with van der Waals surface area (Å²) in [4.78, 5) is 12.8. The molecule has 1 aliphatic heterocycles. The van der Waals surface area contributed by atoms with Crippen LogP contribution in [0.15, 0.2) is 24.3 Å². The molecule has 1 aromatic carbocycles. The molecule has 0 amide bonds. The number of aromatic carboxylic acids is 1. The molecule has 5 nitrogen and oxygen atoms in total. The number of carboxylic acids is 1. The van der Waals surface area contributed by atoms with Crippen LogP contribution in [-0.2, 0) is 9.47 Å². The molecule has 1 aromatic rings. The number of ether oxygens (including phenoxy) is 2. The van der Waals surface area contributed by atoms with Gasteiger partial charge in [0.25, 0.3) is 0 Å². The van der Waals surface area contributed by atoms with E-state index in [-0.39, 0.29) is 11.8 Å². The Kier molecular flexibility index (Phi) is 3.61. The number of anilines is 1. The second-order valence-electron chi connectivity index (χ2n) is 3.81. The molecule has 1 heterocycles. The lowest BCUT2D eigenvalue weighted by molar-refractivity contribution is -0.0187. The van der Waals surface area contributed by atoms with Gasteiger partial charge in [-0.15, -0.1) is 0 Å². The molecule has 1 aliphatic rings. The van der Waals surface area contributed by atoms with Crippen molar-refractivity contribution in [2.75, 3.05) is 31.8 Å². The molecule has 17 heavy (non-hydrogen) atoms. The van der Waals surface area contributed by atoms with Crippen molar-refractivity contribution < 1.29 is 19.4 Å². The highest BCUT2D eigenvalue weighted by Crippen LogP contribution is 2.20. The van der Waals surface area contributed by atoms with Crippen molar-refractivity contribution in [1.29, 1.82) is 0 Å². The SMILES string of the molecule is COC1COCCN1c1ccc(C(=O)O)cc1. The fourth-order valence-electron chi connectivity index (χ4n) is 1.87. The maximum absolute atomic E-state index is 10.8. The fourth-order valence-corrected chi connectivity index (χ4v) is 1.87. The van der Waals surface area contributed by atoms with Gasteiger partial charge in [0, 0.05) is 19.3 Å². The summed E-state index contributed by atoms with van der Waals surface area (Å²) >= 11 is 0. The second-order valence-corrected chi connectivity index (χ2v) is 3.81. The third-order valence-electron chi connectivity index (χ3n) is 2.80. The Balaban J connectivity index is 2.17. The molecule has 0 radical (unpaired) electrons. The summed E-state index contributed by atoms with van der Waals surface area (Å²) in [7, 11) is 1.64. The highest BCUT2D eigenvalue weighted by molar-refractivity contribution is 5.88. The second kappa shape index (κ2) is 5.16. The number of rotatable bonds is 3. The van der Waals surface area contributed by atoms with Gasteiger partial charge in [0.1, 0.15) is 0 Å². The van der Waals surface area contributed by atoms with Gasteiger partial charge in [-0.1, -0.05) is 0 Å². The van der Waals surface area contributed by atoms with E-state index in [1.807, 2.05) is 0 Å². The highest BCUT2D eigenvalue weighted by Gasteiger charge is 2.22. The van der Waals surface area contributed by atoms with Gasteiger partial charge in [-0.2, -0.15) is 0 Å². The van der Waals surface area contributed by atoms with Gasteiger partial charge < -0.3 is 19.5 Å². The molecule has 1 atom stereocenters. The van der Waals surface area contributed by atoms with Crippen LogP contribution in [0.5, 0.6) is 0 Å². The van der Waals surface area contributed by atoms with Gasteiger partial charge in [-0.05, 0) is 24.3 Å². The maximum atomic E-state index is 10.8. The summed E-state index contributed by atoms with van der Waals surface area (Å²) in [5, 5.41) is 8.83. The Morgan fingerprint density at radius 3 is 2.76 bits per heavy atom. The van der Waals surface area contributed by atoms with Crippen molar-refractivity contribution in [3.05, 3.63) is 29.8 Å². The van der Waals surface area contributed by atoms with Crippen LogP contribution in [0.2, 0.25) is 0 Å². The maximum Gasteiger partial charge on any atom is 0.335 e. The standard InChI is InChI=1S/C12H15NO4/c1-16-11-8-17-7-6-13(11)10-4-2-9(3-5-10)12(14)15/h2-5,11H,6-8H2,1H3,(H,14,15). The third kappa shape index (κ3) is 2.57. The van der Waals surface area contributed by atoms with Crippen molar-refractivity contribution in [3.63, 3.8) is 0 Å². The van der Waals surface area contributed by atoms with Gasteiger partial charge in [0.15, 0.2) is 6.23 Å². The summed E-state index contributed by atoms with van der Waals surface area (Å²) in [6.07, 6.45) is -0.112. The first-order chi connectivity index (χ1) is 8.22. The number of morpholine rings is 1. The number of benzene rings is 1. The first-order valence-electron chi connectivity index (χ1n) is 5.43. The van der Waals surface area contributed by atoms with Gasteiger partial charge in [0.2, 0.25) is 0 Å². The van der Waals surface area contributed by atoms with Crippen molar-refractivity contribution in [1.82, 2.24) is 0 Å². The van der Waals surface area contributed by atoms with Crippen LogP contribution in [0.3, 0.4) is 0 Å². The van der Waals surface area contributed by atoms with E-state index in [9.17, 15) is 4.79 Å². The quantitative estimate of drug-likeness (QED) is 0.855. The van der Waals surface area contributed by atoms with Gasteiger partial charge in [-0.3, -0.25) is 0 Å². The largest absolute Gasteiger partial charge is 0.478 e. The predicted molar refractivity (Wildman–Crippen MR) is 62.4 cm³/mol. The molecule has 0 aliphatic carbocycles. The minimum atomic E-state index is -0.915. The smallest absolute Gasteiger partial charge is 0.335 e. The molecule has 0 bridgehead atoms. The van der Waals surface area contributed by atoms with Crippen molar-refractivity contribution in [2.45, 2.75) is 6.23 Å². The van der Waals surface area contributed by atoms with E-state index < -0.39 is 5.97 Å². The summed E-state index contributed by atoms with van der Waals surface area (Å²) < 4.78 is 10.6. The number of carbonyl (C=O) groups is 1. The molecular formula is C12H15NO4. The molecule has 0 aromatic heterocycles. The zero-order valence-electron chi connectivity index (χ0n) is 9.63. The summed E-state index contributed by atoms with van der Waals surface area (Å²) in [6.45, 7) is 1.92. The zero-order chi connectivity index (χ0) is 12.3. The minimum Gasteiger partial charge on any atom is -0.478 e. The van der Waals surface area contributed by atoms with E-state index >= 15 is 0 Å². The summed E-state index contributed by atoms with van der Waals surface area (Å²) in [5.74, 6) is -0.915. The van der Waals surface area contributed by atoms with E-state index in [0.717, 1.165) is 12.2 Å². The third-order valence-corrected chi connectivity index (χ3v) is 2.80. The van der Waals surface area contributed by atoms with Crippen molar-refractivity contribution >= 4 is 11.7 Å². The summed E-state index contributed by atoms with van der Waals surface area (Å²) in [6, 6.07) is 6.78. The van der Waals surface area contributed by atoms with Crippen LogP contribution in [0, 0.1) is 0 Å². The van der Waals surface area contributed by atoms with Gasteiger partial charge in [0.05, 0.1) is 18.8 Å². The average Bonchev–Trinajstić information content (AvgIpc) is 2.39. The molecular weight excluding hydrogens is 222 g/mol. The van der Waals surface area contributed by atoms with Crippen LogP contribution in [-0.4, -0.2) is 44.2 Å². The first-order valence-corrected chi connectivity index (χ1v) is 5.43. The minimum absolute atomic E-state index is 0.112. The van der Waals surface area contributed by atoms with Crippen molar-refractivity contribution in [3.8, 4) is 0 Å². The lowest BCUT2D eigenvalue weighted by Gasteiger charge is -2.36. The summed E-state index contributed by atoms with van der Waals surface area (Å²) in [5.41, 5.74) is 1.24. The van der Waals surface area contributed by atoms with E-state index in [4.69, 9.17) is 14.6 Å². The number of hydrogen-bond acceptors (Lipinski definition) is 4. The monoisotopic (exact) mass is 237 g/mol. The van der Waals surface area contributed by atoms with E-state index in [0.29, 0.717) is 13.2 Å². The first kappa shape index (κ1) is 11.9. The van der Waals surface area contributed by atoms with E-state index in [2.05, 4.69) is 4.90 Å². The van der Waals surface area contributed by atoms with Crippen LogP contribution in [0.25, 0.3) is 0 Å². The van der Waals surface area contributed by atoms with Crippen LogP contribution < -0.4 is 4.90 Å². The number of methoxy groups -OCH3 is 1. The van der Waals surface area contributed by atoms with Crippen molar-refractivity contribution in [2.24, 2.45) is 0 Å². The Bertz CT molecular complexity index is 390. The van der Waals surface area contributed by atoms with Crippen LogP contribution >= 0.6 is 0 Å². The zero-order valence-corrected chi connectivity index (χ0v) is 9.63. The Labute approximate surface area is 99.6 Å². The topological polar surface area (TPSA) is 59.0 Å². The molecule has 0 spiro atoms. The van der Waals surface area contributed by atoms with Crippen LogP contribution in [0.4, 0.5) is 5.69 Å². The Morgan fingerprint density at radius 2 is 2.18 bits per heavy atom. The number of carboxylic acid groups (broad SMARTS) is 1. The van der Waals surface area contributed by atoms with E-state index in [1.165, 1.54) is 0 Å². The molecule has 1 fully saturated rings. The van der Waals surface area contributed by atoms with Crippen LogP contribution in [0.1, 0.15) is 10.4 Å². The van der Waals surface area contributed by atoms with Gasteiger partial charge in [-0.25, -0.2) is 4.79 Å². The predicted octanol–water partition coefficient (Wildman–Crippen LogP) is 1.19. The molecule has 1 N–H and O–H groups in total. The van der Waals surface area contributed by atoms with E-state index in [1.54, 1.807) is 31.4 Å². The van der Waals surface area contributed by atoms with Gasteiger partial charge >= 0.3 is 5.97 Å². The Morgan fingerprint density at radius 1 is 1.47 bits per heavy atom. The highest BCUT2D eigenvalue weighted by atomic mass is 16.5. The Hall–Kier alpha value is -1.59. The molecule has 0 saturated carbocycles. The normalized spacial score (nSPS) is 20.3. The molecule has 5 heteroatoms.